The Kier molecular flexibility index (Phi) is 5.91. The van der Waals surface area contributed by atoms with Gasteiger partial charge in [0, 0.05) is 49.2 Å². The van der Waals surface area contributed by atoms with Gasteiger partial charge in [0.1, 0.15) is 12.4 Å². The maximum atomic E-state index is 12.9. The lowest BCUT2D eigenvalue weighted by Crippen LogP contribution is -2.49. The molecule has 7 heteroatoms. The highest BCUT2D eigenvalue weighted by Crippen LogP contribution is 2.19. The molecule has 0 unspecified atom stereocenters. The van der Waals surface area contributed by atoms with E-state index in [-0.39, 0.29) is 5.91 Å². The first-order valence-electron chi connectivity index (χ1n) is 9.47. The van der Waals surface area contributed by atoms with Crippen LogP contribution in [0.1, 0.15) is 15.9 Å². The molecule has 1 aliphatic rings. The molecular weight excluding hydrogens is 388 g/mol. The number of aromatic nitrogens is 2. The van der Waals surface area contributed by atoms with Gasteiger partial charge >= 0.3 is 0 Å². The third-order valence-electron chi connectivity index (χ3n) is 4.78. The van der Waals surface area contributed by atoms with Crippen LogP contribution in [0, 0.1) is 0 Å². The number of nitrogens with zero attached hydrogens (tertiary/aromatic N) is 4. The standard InChI is InChI=1S/C22H21ClN4O2/c23-19-6-1-4-17(14-19)16-29-20-7-2-5-18(15-20)21(28)26-10-12-27(13-11-26)22-24-8-3-9-25-22/h1-9,14-15H,10-13,16H2. The SMILES string of the molecule is O=C(c1cccc(OCc2cccc(Cl)c2)c1)N1CCN(c2ncccn2)CC1. The summed E-state index contributed by atoms with van der Waals surface area (Å²) in [4.78, 5) is 25.4. The zero-order valence-electron chi connectivity index (χ0n) is 15.9. The Morgan fingerprint density at radius 1 is 0.966 bits per heavy atom. The van der Waals surface area contributed by atoms with Crippen LogP contribution in [0.4, 0.5) is 5.95 Å². The maximum Gasteiger partial charge on any atom is 0.254 e. The molecule has 0 spiro atoms. The van der Waals surface area contributed by atoms with Gasteiger partial charge in [-0.25, -0.2) is 9.97 Å². The van der Waals surface area contributed by atoms with Crippen molar-refractivity contribution in [3.63, 3.8) is 0 Å². The number of hydrogen-bond acceptors (Lipinski definition) is 5. The molecule has 1 aliphatic heterocycles. The third kappa shape index (κ3) is 4.84. The van der Waals surface area contributed by atoms with E-state index in [9.17, 15) is 4.79 Å². The number of carbonyl (C=O) groups excluding carboxylic acids is 1. The average Bonchev–Trinajstić information content (AvgIpc) is 2.78. The minimum absolute atomic E-state index is 0.00633. The third-order valence-corrected chi connectivity index (χ3v) is 5.01. The zero-order chi connectivity index (χ0) is 20.1. The van der Waals surface area contributed by atoms with Crippen molar-refractivity contribution >= 4 is 23.5 Å². The monoisotopic (exact) mass is 408 g/mol. The Bertz CT molecular complexity index is 975. The van der Waals surface area contributed by atoms with Crippen molar-refractivity contribution in [3.05, 3.63) is 83.1 Å². The fourth-order valence-electron chi connectivity index (χ4n) is 3.26. The summed E-state index contributed by atoms with van der Waals surface area (Å²) in [5.41, 5.74) is 1.60. The number of rotatable bonds is 5. The predicted molar refractivity (Wildman–Crippen MR) is 112 cm³/mol. The largest absolute Gasteiger partial charge is 0.489 e. The topological polar surface area (TPSA) is 58.6 Å². The minimum Gasteiger partial charge on any atom is -0.489 e. The van der Waals surface area contributed by atoms with Crippen molar-refractivity contribution in [2.24, 2.45) is 0 Å². The summed E-state index contributed by atoms with van der Waals surface area (Å²) < 4.78 is 5.85. The molecular formula is C22H21ClN4O2. The van der Waals surface area contributed by atoms with Gasteiger partial charge in [0.15, 0.2) is 0 Å². The molecule has 0 N–H and O–H groups in total. The van der Waals surface area contributed by atoms with Gasteiger partial charge in [0.25, 0.3) is 5.91 Å². The first-order chi connectivity index (χ1) is 14.2. The van der Waals surface area contributed by atoms with E-state index in [1.807, 2.05) is 47.4 Å². The van der Waals surface area contributed by atoms with Gasteiger partial charge in [-0.3, -0.25) is 4.79 Å². The lowest BCUT2D eigenvalue weighted by atomic mass is 10.1. The molecule has 0 aliphatic carbocycles. The van der Waals surface area contributed by atoms with Gasteiger partial charge in [-0.2, -0.15) is 0 Å². The van der Waals surface area contributed by atoms with Crippen LogP contribution in [0.3, 0.4) is 0 Å². The highest BCUT2D eigenvalue weighted by molar-refractivity contribution is 6.30. The number of benzene rings is 2. The molecule has 0 bridgehead atoms. The van der Waals surface area contributed by atoms with Crippen LogP contribution < -0.4 is 9.64 Å². The molecule has 1 saturated heterocycles. The quantitative estimate of drug-likeness (QED) is 0.644. The van der Waals surface area contributed by atoms with Crippen LogP contribution in [0.15, 0.2) is 67.0 Å². The smallest absolute Gasteiger partial charge is 0.254 e. The van der Waals surface area contributed by atoms with Gasteiger partial charge in [0.2, 0.25) is 5.95 Å². The van der Waals surface area contributed by atoms with Crippen molar-refractivity contribution < 1.29 is 9.53 Å². The Hall–Kier alpha value is -3.12. The van der Waals surface area contributed by atoms with E-state index >= 15 is 0 Å². The van der Waals surface area contributed by atoms with Gasteiger partial charge in [0.05, 0.1) is 0 Å². The average molecular weight is 409 g/mol. The van der Waals surface area contributed by atoms with E-state index in [0.29, 0.717) is 55.1 Å². The minimum atomic E-state index is 0.00633. The summed E-state index contributed by atoms with van der Waals surface area (Å²) in [5.74, 6) is 1.37. The van der Waals surface area contributed by atoms with Gasteiger partial charge in [-0.05, 0) is 42.0 Å². The summed E-state index contributed by atoms with van der Waals surface area (Å²) in [6.07, 6.45) is 3.46. The summed E-state index contributed by atoms with van der Waals surface area (Å²) in [6, 6.07) is 16.6. The number of ether oxygens (including phenoxy) is 1. The Morgan fingerprint density at radius 2 is 1.72 bits per heavy atom. The fraction of sp³-hybridized carbons (Fsp3) is 0.227. The molecule has 0 saturated carbocycles. The van der Waals surface area contributed by atoms with E-state index in [4.69, 9.17) is 16.3 Å². The van der Waals surface area contributed by atoms with Gasteiger partial charge in [-0.15, -0.1) is 0 Å². The van der Waals surface area contributed by atoms with Crippen molar-refractivity contribution in [3.8, 4) is 5.75 Å². The Morgan fingerprint density at radius 3 is 2.48 bits per heavy atom. The second-order valence-electron chi connectivity index (χ2n) is 6.77. The molecule has 1 amide bonds. The van der Waals surface area contributed by atoms with Crippen LogP contribution in [0.5, 0.6) is 5.75 Å². The second kappa shape index (κ2) is 8.92. The molecule has 3 aromatic rings. The number of amides is 1. The van der Waals surface area contributed by atoms with E-state index < -0.39 is 0 Å². The number of carbonyl (C=O) groups is 1. The van der Waals surface area contributed by atoms with Crippen molar-refractivity contribution in [2.75, 3.05) is 31.1 Å². The molecule has 1 aromatic heterocycles. The van der Waals surface area contributed by atoms with Crippen molar-refractivity contribution in [1.82, 2.24) is 14.9 Å². The molecule has 1 fully saturated rings. The van der Waals surface area contributed by atoms with Crippen LogP contribution in [-0.2, 0) is 6.61 Å². The van der Waals surface area contributed by atoms with E-state index in [1.54, 1.807) is 24.5 Å². The molecule has 148 valence electrons. The van der Waals surface area contributed by atoms with E-state index in [1.165, 1.54) is 0 Å². The highest BCUT2D eigenvalue weighted by atomic mass is 35.5. The van der Waals surface area contributed by atoms with E-state index in [0.717, 1.165) is 5.56 Å². The summed E-state index contributed by atoms with van der Waals surface area (Å²) >= 11 is 6.01. The summed E-state index contributed by atoms with van der Waals surface area (Å²) in [7, 11) is 0. The van der Waals surface area contributed by atoms with Crippen LogP contribution in [0.25, 0.3) is 0 Å². The number of anilines is 1. The Labute approximate surface area is 174 Å². The molecule has 29 heavy (non-hydrogen) atoms. The first kappa shape index (κ1) is 19.2. The molecule has 0 atom stereocenters. The summed E-state index contributed by atoms with van der Waals surface area (Å²) in [5, 5.41) is 0.676. The molecule has 4 rings (SSSR count). The van der Waals surface area contributed by atoms with Crippen molar-refractivity contribution in [2.45, 2.75) is 6.61 Å². The second-order valence-corrected chi connectivity index (χ2v) is 7.21. The number of halogens is 1. The highest BCUT2D eigenvalue weighted by Gasteiger charge is 2.23. The number of piperazine rings is 1. The molecule has 6 nitrogen and oxygen atoms in total. The molecule has 2 aromatic carbocycles. The van der Waals surface area contributed by atoms with Crippen LogP contribution in [-0.4, -0.2) is 47.0 Å². The lowest BCUT2D eigenvalue weighted by molar-refractivity contribution is 0.0745. The van der Waals surface area contributed by atoms with E-state index in [2.05, 4.69) is 14.9 Å². The van der Waals surface area contributed by atoms with Crippen LogP contribution >= 0.6 is 11.6 Å². The first-order valence-corrected chi connectivity index (χ1v) is 9.85. The molecule has 0 radical (unpaired) electrons. The van der Waals surface area contributed by atoms with Crippen molar-refractivity contribution in [1.29, 1.82) is 0 Å². The lowest BCUT2D eigenvalue weighted by Gasteiger charge is -2.34. The predicted octanol–water partition coefficient (Wildman–Crippen LogP) is 3.67. The van der Waals surface area contributed by atoms with Gasteiger partial charge in [-0.1, -0.05) is 29.8 Å². The van der Waals surface area contributed by atoms with Gasteiger partial charge < -0.3 is 14.5 Å². The van der Waals surface area contributed by atoms with Crippen LogP contribution in [0.2, 0.25) is 5.02 Å². The molecule has 2 heterocycles. The normalized spacial score (nSPS) is 14.0. The fourth-order valence-corrected chi connectivity index (χ4v) is 3.47. The zero-order valence-corrected chi connectivity index (χ0v) is 16.6. The number of hydrogen-bond donors (Lipinski definition) is 0. The summed E-state index contributed by atoms with van der Waals surface area (Å²) in [6.45, 7) is 3.07. The Balaban J connectivity index is 1.36. The maximum absolute atomic E-state index is 12.9.